The Labute approximate surface area is 259 Å². The SMILES string of the molecule is CC(C)c1ccc(-c2ccc(Oc3cc(-c4ncno4)ccc3Cn3cc(F)ccc3=O)cc2)nn1.O=C1CCCN1C1CC1. The first kappa shape index (κ1) is 29.9. The van der Waals surface area contributed by atoms with Crippen molar-refractivity contribution in [1.29, 1.82) is 0 Å². The molecule has 1 aliphatic carbocycles. The van der Waals surface area contributed by atoms with E-state index in [1.807, 2.05) is 41.3 Å². The molecular weight excluding hydrogens is 575 g/mol. The van der Waals surface area contributed by atoms with Gasteiger partial charge in [0.2, 0.25) is 5.91 Å². The lowest BCUT2D eigenvalue weighted by Crippen LogP contribution is -2.26. The molecule has 2 aliphatic rings. The van der Waals surface area contributed by atoms with Crippen LogP contribution in [0.4, 0.5) is 4.39 Å². The fourth-order valence-corrected chi connectivity index (χ4v) is 5.09. The molecule has 1 saturated heterocycles. The summed E-state index contributed by atoms with van der Waals surface area (Å²) in [5, 5.41) is 12.3. The molecule has 2 fully saturated rings. The summed E-state index contributed by atoms with van der Waals surface area (Å²) in [7, 11) is 0. The summed E-state index contributed by atoms with van der Waals surface area (Å²) in [4.78, 5) is 29.3. The van der Waals surface area contributed by atoms with Gasteiger partial charge in [0.15, 0.2) is 6.33 Å². The molecule has 3 aromatic heterocycles. The first-order valence-electron chi connectivity index (χ1n) is 15.0. The monoisotopic (exact) mass is 608 g/mol. The number of nitrogens with zero attached hydrogens (tertiary/aromatic N) is 6. The average molecular weight is 609 g/mol. The van der Waals surface area contributed by atoms with Crippen molar-refractivity contribution in [2.75, 3.05) is 6.54 Å². The summed E-state index contributed by atoms with van der Waals surface area (Å²) in [6.07, 6.45) is 6.88. The van der Waals surface area contributed by atoms with Gasteiger partial charge in [0.05, 0.1) is 17.9 Å². The number of benzene rings is 2. The molecule has 45 heavy (non-hydrogen) atoms. The molecule has 4 heterocycles. The maximum Gasteiger partial charge on any atom is 0.257 e. The molecule has 2 aromatic carbocycles. The Hall–Kier alpha value is -5.19. The standard InChI is InChI=1S/C27H22FN5O3.C7H11NO/c1-17(2)23-10-11-24(32-31-23)18-5-8-22(9-6-18)35-25-13-19(27-29-16-30-36-27)3-4-20(25)14-33-15-21(28)7-12-26(33)34;9-7-2-1-5-8(7)6-3-4-6/h3-13,15-17H,14H2,1-2H3;6H,1-5H2. The van der Waals surface area contributed by atoms with Gasteiger partial charge < -0.3 is 18.7 Å². The van der Waals surface area contributed by atoms with Crippen molar-refractivity contribution in [2.45, 2.75) is 58.0 Å². The molecule has 1 saturated carbocycles. The van der Waals surface area contributed by atoms with Crippen molar-refractivity contribution >= 4 is 5.91 Å². The van der Waals surface area contributed by atoms with Crippen LogP contribution in [0.3, 0.4) is 0 Å². The number of pyridine rings is 1. The first-order valence-corrected chi connectivity index (χ1v) is 15.0. The molecular formula is C34H33FN6O4. The molecule has 5 aromatic rings. The quantitative estimate of drug-likeness (QED) is 0.204. The van der Waals surface area contributed by atoms with Gasteiger partial charge in [-0.1, -0.05) is 25.1 Å². The number of carbonyl (C=O) groups is 1. The summed E-state index contributed by atoms with van der Waals surface area (Å²) < 4.78 is 26.4. The van der Waals surface area contributed by atoms with Gasteiger partial charge in [0.25, 0.3) is 11.4 Å². The van der Waals surface area contributed by atoms with Crippen LogP contribution in [0.2, 0.25) is 0 Å². The third-order valence-electron chi connectivity index (χ3n) is 7.72. The van der Waals surface area contributed by atoms with Crippen molar-refractivity contribution < 1.29 is 18.4 Å². The topological polar surface area (TPSA) is 116 Å². The molecule has 0 bridgehead atoms. The van der Waals surface area contributed by atoms with Gasteiger partial charge in [0.1, 0.15) is 17.3 Å². The molecule has 0 radical (unpaired) electrons. The van der Waals surface area contributed by atoms with E-state index in [0.29, 0.717) is 46.4 Å². The Kier molecular flexibility index (Phi) is 8.77. The lowest BCUT2D eigenvalue weighted by atomic mass is 10.1. The van der Waals surface area contributed by atoms with Gasteiger partial charge in [-0.25, -0.2) is 4.39 Å². The Morgan fingerprint density at radius 3 is 2.42 bits per heavy atom. The Balaban J connectivity index is 0.000000337. The highest BCUT2D eigenvalue weighted by molar-refractivity contribution is 5.78. The normalized spacial score (nSPS) is 14.4. The molecule has 0 N–H and O–H groups in total. The summed E-state index contributed by atoms with van der Waals surface area (Å²) in [5.41, 5.74) is 3.59. The van der Waals surface area contributed by atoms with Gasteiger partial charge in [-0.05, 0) is 79.8 Å². The second kappa shape index (κ2) is 13.2. The maximum atomic E-state index is 13.8. The second-order valence-corrected chi connectivity index (χ2v) is 11.4. The Morgan fingerprint density at radius 1 is 0.978 bits per heavy atom. The van der Waals surface area contributed by atoms with E-state index in [9.17, 15) is 14.0 Å². The summed E-state index contributed by atoms with van der Waals surface area (Å²) >= 11 is 0. The van der Waals surface area contributed by atoms with E-state index in [4.69, 9.17) is 9.26 Å². The third-order valence-corrected chi connectivity index (χ3v) is 7.72. The minimum Gasteiger partial charge on any atom is -0.457 e. The molecule has 7 rings (SSSR count). The van der Waals surface area contributed by atoms with E-state index in [2.05, 4.69) is 34.2 Å². The Bertz CT molecular complexity index is 1820. The van der Waals surface area contributed by atoms with Crippen LogP contribution in [0.5, 0.6) is 11.5 Å². The van der Waals surface area contributed by atoms with Crippen LogP contribution in [0.1, 0.15) is 56.7 Å². The van der Waals surface area contributed by atoms with E-state index >= 15 is 0 Å². The van der Waals surface area contributed by atoms with Crippen molar-refractivity contribution in [2.24, 2.45) is 0 Å². The zero-order chi connectivity index (χ0) is 31.3. The molecule has 1 aliphatic heterocycles. The van der Waals surface area contributed by atoms with Crippen molar-refractivity contribution in [3.63, 3.8) is 0 Å². The van der Waals surface area contributed by atoms with Gasteiger partial charge in [-0.15, -0.1) is 0 Å². The van der Waals surface area contributed by atoms with E-state index in [-0.39, 0.29) is 12.1 Å². The van der Waals surface area contributed by atoms with Crippen LogP contribution >= 0.6 is 0 Å². The fraction of sp³-hybridized carbons (Fsp3) is 0.294. The lowest BCUT2D eigenvalue weighted by molar-refractivity contribution is -0.128. The zero-order valence-corrected chi connectivity index (χ0v) is 25.1. The summed E-state index contributed by atoms with van der Waals surface area (Å²) in [6.45, 7) is 5.29. The first-order chi connectivity index (χ1) is 21.8. The van der Waals surface area contributed by atoms with Crippen LogP contribution < -0.4 is 10.3 Å². The fourth-order valence-electron chi connectivity index (χ4n) is 5.09. The number of amides is 1. The van der Waals surface area contributed by atoms with E-state index in [0.717, 1.165) is 42.4 Å². The number of likely N-dealkylation sites (tertiary alicyclic amines) is 1. The molecule has 11 heteroatoms. The second-order valence-electron chi connectivity index (χ2n) is 11.4. The third kappa shape index (κ3) is 7.31. The number of ether oxygens (including phenoxy) is 1. The average Bonchev–Trinajstić information content (AvgIpc) is 3.54. The molecule has 0 atom stereocenters. The summed E-state index contributed by atoms with van der Waals surface area (Å²) in [6, 6.07) is 19.7. The van der Waals surface area contributed by atoms with Crippen LogP contribution in [-0.2, 0) is 11.3 Å². The Morgan fingerprint density at radius 2 is 1.78 bits per heavy atom. The molecule has 0 spiro atoms. The van der Waals surface area contributed by atoms with Crippen LogP contribution in [0.25, 0.3) is 22.7 Å². The summed E-state index contributed by atoms with van der Waals surface area (Å²) in [5.74, 6) is 1.56. The number of hydrogen-bond donors (Lipinski definition) is 0. The number of halogens is 1. The van der Waals surface area contributed by atoms with Crippen molar-refractivity contribution in [3.05, 3.63) is 107 Å². The van der Waals surface area contributed by atoms with Gasteiger partial charge >= 0.3 is 0 Å². The van der Waals surface area contributed by atoms with Gasteiger partial charge in [-0.2, -0.15) is 15.2 Å². The van der Waals surface area contributed by atoms with E-state index < -0.39 is 5.82 Å². The van der Waals surface area contributed by atoms with Gasteiger partial charge in [-0.3, -0.25) is 9.59 Å². The van der Waals surface area contributed by atoms with Crippen molar-refractivity contribution in [1.82, 2.24) is 29.8 Å². The smallest absolute Gasteiger partial charge is 0.257 e. The maximum absolute atomic E-state index is 13.8. The predicted molar refractivity (Wildman–Crippen MR) is 165 cm³/mol. The number of aromatic nitrogens is 5. The number of hydrogen-bond acceptors (Lipinski definition) is 8. The highest BCUT2D eigenvalue weighted by Gasteiger charge is 2.34. The highest BCUT2D eigenvalue weighted by atomic mass is 19.1. The van der Waals surface area contributed by atoms with Gasteiger partial charge in [0, 0.05) is 48.0 Å². The van der Waals surface area contributed by atoms with Crippen LogP contribution in [0, 0.1) is 5.82 Å². The van der Waals surface area contributed by atoms with E-state index in [1.165, 1.54) is 36.0 Å². The lowest BCUT2D eigenvalue weighted by Gasteiger charge is -2.14. The number of carbonyl (C=O) groups excluding carboxylic acids is 1. The van der Waals surface area contributed by atoms with Crippen LogP contribution in [0.15, 0.2) is 88.6 Å². The van der Waals surface area contributed by atoms with E-state index in [1.54, 1.807) is 18.2 Å². The molecule has 0 unspecified atom stereocenters. The predicted octanol–water partition coefficient (Wildman–Crippen LogP) is 6.23. The highest BCUT2D eigenvalue weighted by Crippen LogP contribution is 2.32. The van der Waals surface area contributed by atoms with Crippen molar-refractivity contribution in [3.8, 4) is 34.2 Å². The molecule has 1 amide bonds. The molecule has 230 valence electrons. The minimum atomic E-state index is -0.500. The minimum absolute atomic E-state index is 0.117. The number of rotatable bonds is 8. The largest absolute Gasteiger partial charge is 0.457 e. The van der Waals surface area contributed by atoms with Crippen LogP contribution in [-0.4, -0.2) is 48.3 Å². The molecule has 10 nitrogen and oxygen atoms in total. The zero-order valence-electron chi connectivity index (χ0n) is 25.1.